The van der Waals surface area contributed by atoms with Crippen LogP contribution in [0.2, 0.25) is 0 Å². The number of carbonyl (C=O) groups is 1. The summed E-state index contributed by atoms with van der Waals surface area (Å²) in [5.74, 6) is 1.46. The van der Waals surface area contributed by atoms with Crippen molar-refractivity contribution in [2.24, 2.45) is 0 Å². The van der Waals surface area contributed by atoms with Crippen LogP contribution in [-0.2, 0) is 11.2 Å². The zero-order valence-corrected chi connectivity index (χ0v) is 14.2. The molecule has 5 nitrogen and oxygen atoms in total. The largest absolute Gasteiger partial charge is 0.342 e. The van der Waals surface area contributed by atoms with Gasteiger partial charge in [-0.2, -0.15) is 0 Å². The lowest BCUT2D eigenvalue weighted by atomic mass is 9.96. The molecule has 2 aromatic heterocycles. The van der Waals surface area contributed by atoms with Gasteiger partial charge in [-0.15, -0.1) is 10.2 Å². The third-order valence-electron chi connectivity index (χ3n) is 4.95. The summed E-state index contributed by atoms with van der Waals surface area (Å²) in [5.41, 5.74) is 2.08. The van der Waals surface area contributed by atoms with Crippen molar-refractivity contribution in [1.29, 1.82) is 0 Å². The molecule has 1 saturated heterocycles. The Hall–Kier alpha value is -2.69. The molecule has 0 saturated carbocycles. The van der Waals surface area contributed by atoms with Gasteiger partial charge in [-0.25, -0.2) is 0 Å². The monoisotopic (exact) mass is 334 g/mol. The van der Waals surface area contributed by atoms with Crippen molar-refractivity contribution in [3.63, 3.8) is 0 Å². The molecule has 25 heavy (non-hydrogen) atoms. The molecular formula is C20H22N4O. The van der Waals surface area contributed by atoms with Crippen LogP contribution in [0.4, 0.5) is 0 Å². The predicted octanol–water partition coefficient (Wildman–Crippen LogP) is 3.07. The minimum Gasteiger partial charge on any atom is -0.342 e. The number of hydrogen-bond acceptors (Lipinski definition) is 3. The van der Waals surface area contributed by atoms with Crippen molar-refractivity contribution >= 4 is 11.6 Å². The summed E-state index contributed by atoms with van der Waals surface area (Å²) < 4.78 is 2.04. The molecule has 1 amide bonds. The summed E-state index contributed by atoms with van der Waals surface area (Å²) in [7, 11) is 0. The quantitative estimate of drug-likeness (QED) is 0.737. The molecule has 1 aliphatic rings. The van der Waals surface area contributed by atoms with E-state index in [0.29, 0.717) is 6.42 Å². The average molecular weight is 334 g/mol. The Morgan fingerprint density at radius 1 is 1.08 bits per heavy atom. The number of piperidine rings is 1. The second-order valence-corrected chi connectivity index (χ2v) is 6.65. The molecule has 3 heterocycles. The molecule has 0 aliphatic carbocycles. The van der Waals surface area contributed by atoms with Crippen molar-refractivity contribution < 1.29 is 4.79 Å². The Morgan fingerprint density at radius 3 is 2.80 bits per heavy atom. The number of pyridine rings is 1. The summed E-state index contributed by atoms with van der Waals surface area (Å²) in [6, 6.07) is 16.1. The van der Waals surface area contributed by atoms with E-state index in [0.717, 1.165) is 43.8 Å². The predicted molar refractivity (Wildman–Crippen MR) is 96.3 cm³/mol. The van der Waals surface area contributed by atoms with Gasteiger partial charge in [0.2, 0.25) is 5.91 Å². The normalized spacial score (nSPS) is 17.8. The number of nitrogens with zero attached hydrogens (tertiary/aromatic N) is 4. The number of aromatic nitrogens is 3. The molecule has 0 bridgehead atoms. The highest BCUT2D eigenvalue weighted by molar-refractivity contribution is 5.76. The molecule has 4 rings (SSSR count). The highest BCUT2D eigenvalue weighted by Crippen LogP contribution is 2.26. The first-order valence-electron chi connectivity index (χ1n) is 8.92. The molecule has 0 N–H and O–H groups in total. The van der Waals surface area contributed by atoms with Gasteiger partial charge in [0.25, 0.3) is 0 Å². The van der Waals surface area contributed by atoms with E-state index in [1.54, 1.807) is 0 Å². The van der Waals surface area contributed by atoms with Crippen LogP contribution >= 0.6 is 0 Å². The number of fused-ring (bicyclic) bond motifs is 1. The van der Waals surface area contributed by atoms with Gasteiger partial charge in [0, 0.05) is 31.6 Å². The number of likely N-dealkylation sites (tertiary alicyclic amines) is 1. The van der Waals surface area contributed by atoms with E-state index >= 15 is 0 Å². The van der Waals surface area contributed by atoms with Crippen molar-refractivity contribution in [3.8, 4) is 0 Å². The summed E-state index contributed by atoms with van der Waals surface area (Å²) in [6.45, 7) is 1.59. The van der Waals surface area contributed by atoms with Crippen LogP contribution in [0, 0.1) is 0 Å². The molecular weight excluding hydrogens is 312 g/mol. The standard InChI is InChI=1S/C20H22N4O/c25-19(12-11-16-7-2-1-3-8-16)23-13-6-9-17(15-23)20-22-21-18-10-4-5-14-24(18)20/h1-5,7-8,10,14,17H,6,9,11-13,15H2. The van der Waals surface area contributed by atoms with Crippen LogP contribution in [0.1, 0.15) is 36.6 Å². The first kappa shape index (κ1) is 15.8. The topological polar surface area (TPSA) is 50.5 Å². The number of benzene rings is 1. The Labute approximate surface area is 147 Å². The van der Waals surface area contributed by atoms with Gasteiger partial charge in [-0.05, 0) is 37.0 Å². The molecule has 1 atom stereocenters. The number of amides is 1. The Balaban J connectivity index is 1.43. The van der Waals surface area contributed by atoms with E-state index in [4.69, 9.17) is 0 Å². The lowest BCUT2D eigenvalue weighted by Crippen LogP contribution is -2.39. The molecule has 1 unspecified atom stereocenters. The fourth-order valence-corrected chi connectivity index (χ4v) is 3.61. The summed E-state index contributed by atoms with van der Waals surface area (Å²) in [6.07, 6.45) is 5.44. The zero-order chi connectivity index (χ0) is 17.1. The van der Waals surface area contributed by atoms with Gasteiger partial charge in [0.15, 0.2) is 5.65 Å². The fraction of sp³-hybridized carbons (Fsp3) is 0.350. The van der Waals surface area contributed by atoms with Crippen LogP contribution in [0.25, 0.3) is 5.65 Å². The summed E-state index contributed by atoms with van der Waals surface area (Å²) in [4.78, 5) is 14.6. The SMILES string of the molecule is O=C(CCc1ccccc1)N1CCCC(c2nnc3ccccn23)C1. The Morgan fingerprint density at radius 2 is 1.92 bits per heavy atom. The summed E-state index contributed by atoms with van der Waals surface area (Å²) in [5, 5.41) is 8.63. The van der Waals surface area contributed by atoms with Gasteiger partial charge in [0.1, 0.15) is 5.82 Å². The molecule has 5 heteroatoms. The van der Waals surface area contributed by atoms with Gasteiger partial charge in [-0.3, -0.25) is 9.20 Å². The van der Waals surface area contributed by atoms with E-state index in [1.165, 1.54) is 5.56 Å². The Bertz CT molecular complexity index is 858. The van der Waals surface area contributed by atoms with Crippen LogP contribution in [0.5, 0.6) is 0 Å². The lowest BCUT2D eigenvalue weighted by molar-refractivity contribution is -0.132. The zero-order valence-electron chi connectivity index (χ0n) is 14.2. The molecule has 1 aliphatic heterocycles. The first-order valence-corrected chi connectivity index (χ1v) is 8.92. The third-order valence-corrected chi connectivity index (χ3v) is 4.95. The molecule has 3 aromatic rings. The molecule has 128 valence electrons. The molecule has 0 radical (unpaired) electrons. The number of rotatable bonds is 4. The van der Waals surface area contributed by atoms with Gasteiger partial charge < -0.3 is 4.90 Å². The molecule has 1 aromatic carbocycles. The highest BCUT2D eigenvalue weighted by Gasteiger charge is 2.27. The Kier molecular flexibility index (Phi) is 4.46. The van der Waals surface area contributed by atoms with E-state index in [1.807, 2.05) is 51.9 Å². The van der Waals surface area contributed by atoms with Crippen molar-refractivity contribution in [2.45, 2.75) is 31.6 Å². The van der Waals surface area contributed by atoms with Crippen molar-refractivity contribution in [3.05, 3.63) is 66.1 Å². The second kappa shape index (κ2) is 7.05. The van der Waals surface area contributed by atoms with Gasteiger partial charge >= 0.3 is 0 Å². The number of hydrogen-bond donors (Lipinski definition) is 0. The second-order valence-electron chi connectivity index (χ2n) is 6.65. The van der Waals surface area contributed by atoms with Gasteiger partial charge in [-0.1, -0.05) is 36.4 Å². The summed E-state index contributed by atoms with van der Waals surface area (Å²) >= 11 is 0. The third kappa shape index (κ3) is 3.40. The van der Waals surface area contributed by atoms with E-state index in [-0.39, 0.29) is 11.8 Å². The van der Waals surface area contributed by atoms with Crippen LogP contribution in [-0.4, -0.2) is 38.5 Å². The number of aryl methyl sites for hydroxylation is 1. The fourth-order valence-electron chi connectivity index (χ4n) is 3.61. The van der Waals surface area contributed by atoms with Gasteiger partial charge in [0.05, 0.1) is 0 Å². The molecule has 0 spiro atoms. The molecule has 1 fully saturated rings. The van der Waals surface area contributed by atoms with E-state index in [9.17, 15) is 4.79 Å². The maximum atomic E-state index is 12.6. The van der Waals surface area contributed by atoms with Crippen LogP contribution in [0.15, 0.2) is 54.7 Å². The van der Waals surface area contributed by atoms with Crippen LogP contribution < -0.4 is 0 Å². The van der Waals surface area contributed by atoms with Crippen LogP contribution in [0.3, 0.4) is 0 Å². The first-order chi connectivity index (χ1) is 12.3. The minimum absolute atomic E-state index is 0.238. The lowest BCUT2D eigenvalue weighted by Gasteiger charge is -2.32. The van der Waals surface area contributed by atoms with Crippen molar-refractivity contribution in [1.82, 2.24) is 19.5 Å². The van der Waals surface area contributed by atoms with E-state index < -0.39 is 0 Å². The maximum Gasteiger partial charge on any atom is 0.222 e. The average Bonchev–Trinajstić information content (AvgIpc) is 3.11. The highest BCUT2D eigenvalue weighted by atomic mass is 16.2. The smallest absolute Gasteiger partial charge is 0.222 e. The number of carbonyl (C=O) groups excluding carboxylic acids is 1. The van der Waals surface area contributed by atoms with E-state index in [2.05, 4.69) is 22.3 Å². The maximum absolute atomic E-state index is 12.6. The minimum atomic E-state index is 0.238. The van der Waals surface area contributed by atoms with Crippen molar-refractivity contribution in [2.75, 3.05) is 13.1 Å².